The van der Waals surface area contributed by atoms with Crippen LogP contribution in [0.25, 0.3) is 11.1 Å². The normalized spacial score (nSPS) is 11.8. The van der Waals surface area contributed by atoms with Crippen molar-refractivity contribution in [3.05, 3.63) is 77.9 Å². The Morgan fingerprint density at radius 1 is 0.964 bits per heavy atom. The quantitative estimate of drug-likeness (QED) is 0.528. The van der Waals surface area contributed by atoms with Crippen LogP contribution in [-0.2, 0) is 17.7 Å². The Morgan fingerprint density at radius 3 is 2.21 bits per heavy atom. The topological polar surface area (TPSA) is 98.1 Å². The number of nitrogens with zero attached hydrogens (tertiary/aromatic N) is 1. The Kier molecular flexibility index (Phi) is 5.77. The van der Waals surface area contributed by atoms with Gasteiger partial charge in [0.05, 0.1) is 11.4 Å². The Morgan fingerprint density at radius 2 is 1.64 bits per heavy atom. The van der Waals surface area contributed by atoms with Gasteiger partial charge in [0.25, 0.3) is 11.3 Å². The van der Waals surface area contributed by atoms with Gasteiger partial charge in [-0.3, -0.25) is 4.55 Å². The van der Waals surface area contributed by atoms with E-state index in [0.29, 0.717) is 5.69 Å². The van der Waals surface area contributed by atoms with Crippen LogP contribution in [0.3, 0.4) is 0 Å². The number of carbonyl (C=O) groups is 1. The molecule has 7 heteroatoms. The number of hydrogen-bond donors (Lipinski definition) is 3. The van der Waals surface area contributed by atoms with E-state index in [0.717, 1.165) is 27.9 Å². The summed E-state index contributed by atoms with van der Waals surface area (Å²) < 4.78 is 22.9. The molecule has 0 aromatic heterocycles. The van der Waals surface area contributed by atoms with Gasteiger partial charge < -0.3 is 10.2 Å². The molecule has 0 saturated heterocycles. The number of hydrogen-bond acceptors (Lipinski definition) is 3. The molecule has 3 aromatic rings. The lowest BCUT2D eigenvalue weighted by molar-refractivity contribution is 0.0694. The number of aryl methyl sites for hydroxylation is 1. The number of aromatic hydroxyl groups is 1. The van der Waals surface area contributed by atoms with Gasteiger partial charge in [-0.1, -0.05) is 43.3 Å². The van der Waals surface area contributed by atoms with Gasteiger partial charge in [-0.15, -0.1) is 0 Å². The average Bonchev–Trinajstić information content (AvgIpc) is 2.68. The van der Waals surface area contributed by atoms with Crippen LogP contribution in [0.5, 0.6) is 5.75 Å². The van der Waals surface area contributed by atoms with Crippen molar-refractivity contribution >= 4 is 28.6 Å². The maximum Gasteiger partial charge on any atom is 0.339 e. The summed E-state index contributed by atoms with van der Waals surface area (Å²) in [5.74, 6) is -1.76. The second-order valence-corrected chi connectivity index (χ2v) is 6.96. The molecule has 0 heterocycles. The van der Waals surface area contributed by atoms with Crippen LogP contribution < -0.4 is 4.31 Å². The maximum atomic E-state index is 12.0. The van der Waals surface area contributed by atoms with Gasteiger partial charge in [-0.05, 0) is 47.4 Å². The highest BCUT2D eigenvalue weighted by atomic mass is 32.2. The van der Waals surface area contributed by atoms with Crippen LogP contribution in [0.4, 0.5) is 11.4 Å². The highest BCUT2D eigenvalue weighted by Crippen LogP contribution is 2.33. The summed E-state index contributed by atoms with van der Waals surface area (Å²) in [4.78, 5) is 11.1. The minimum Gasteiger partial charge on any atom is -0.507 e. The molecule has 0 bridgehead atoms. The Labute approximate surface area is 165 Å². The first-order valence-electron chi connectivity index (χ1n) is 8.57. The fourth-order valence-electron chi connectivity index (χ4n) is 2.90. The smallest absolute Gasteiger partial charge is 0.339 e. The first kappa shape index (κ1) is 19.6. The second kappa shape index (κ2) is 8.24. The summed E-state index contributed by atoms with van der Waals surface area (Å²) in [7, 11) is 0. The summed E-state index contributed by atoms with van der Waals surface area (Å²) in [6.45, 7) is 2.08. The van der Waals surface area contributed by atoms with Crippen LogP contribution in [0.15, 0.2) is 66.7 Å². The van der Waals surface area contributed by atoms with E-state index in [1.165, 1.54) is 17.7 Å². The van der Waals surface area contributed by atoms with Gasteiger partial charge in [0.1, 0.15) is 11.3 Å². The molecule has 0 aliphatic heterocycles. The highest BCUT2D eigenvalue weighted by Gasteiger charge is 2.19. The van der Waals surface area contributed by atoms with E-state index in [-0.39, 0.29) is 11.3 Å². The number of phenols is 1. The standard InChI is InChI=1S/C21H19NO5S/c1-2-14-6-8-15(9-7-14)16-4-3-5-17(12-16)22(28(26)27)18-10-11-19(21(24)25)20(23)13-18/h3-13,23H,2H2,1H3,(H,24,25)(H,26,27). The third-order valence-electron chi connectivity index (χ3n) is 4.38. The van der Waals surface area contributed by atoms with Gasteiger partial charge in [-0.25, -0.2) is 13.3 Å². The van der Waals surface area contributed by atoms with Crippen LogP contribution in [0, 0.1) is 0 Å². The zero-order valence-corrected chi connectivity index (χ0v) is 15.9. The Balaban J connectivity index is 2.02. The molecule has 0 saturated carbocycles. The SMILES string of the molecule is CCc1ccc(-c2cccc(N(c3ccc(C(=O)O)c(O)c3)S(=O)O)c2)cc1. The molecule has 28 heavy (non-hydrogen) atoms. The van der Waals surface area contributed by atoms with E-state index in [1.54, 1.807) is 18.2 Å². The molecule has 0 amide bonds. The minimum atomic E-state index is -2.43. The molecule has 0 spiro atoms. The molecule has 0 aliphatic carbocycles. The van der Waals surface area contributed by atoms with Crippen molar-refractivity contribution in [2.45, 2.75) is 13.3 Å². The predicted molar refractivity (Wildman–Crippen MR) is 109 cm³/mol. The molecular formula is C21H19NO5S. The van der Waals surface area contributed by atoms with Crippen LogP contribution >= 0.6 is 0 Å². The van der Waals surface area contributed by atoms with Gasteiger partial charge >= 0.3 is 5.97 Å². The van der Waals surface area contributed by atoms with Crippen LogP contribution in [-0.4, -0.2) is 24.9 Å². The lowest BCUT2D eigenvalue weighted by atomic mass is 10.0. The van der Waals surface area contributed by atoms with E-state index in [4.69, 9.17) is 5.11 Å². The van der Waals surface area contributed by atoms with E-state index in [1.807, 2.05) is 30.3 Å². The zero-order valence-electron chi connectivity index (χ0n) is 15.1. The molecule has 1 atom stereocenters. The Bertz CT molecular complexity index is 1030. The molecule has 6 nitrogen and oxygen atoms in total. The molecule has 1 unspecified atom stereocenters. The molecule has 144 valence electrons. The molecule has 3 aromatic carbocycles. The fraction of sp³-hybridized carbons (Fsp3) is 0.0952. The predicted octanol–water partition coefficient (Wildman–Crippen LogP) is 4.59. The molecule has 0 radical (unpaired) electrons. The second-order valence-electron chi connectivity index (χ2n) is 6.13. The number of benzene rings is 3. The lowest BCUT2D eigenvalue weighted by Crippen LogP contribution is -2.19. The van der Waals surface area contributed by atoms with Crippen LogP contribution in [0.1, 0.15) is 22.8 Å². The van der Waals surface area contributed by atoms with Crippen LogP contribution in [0.2, 0.25) is 0 Å². The molecular weight excluding hydrogens is 378 g/mol. The van der Waals surface area contributed by atoms with Gasteiger partial charge in [0, 0.05) is 6.07 Å². The monoisotopic (exact) mass is 397 g/mol. The maximum absolute atomic E-state index is 12.0. The fourth-order valence-corrected chi connectivity index (χ4v) is 3.49. The summed E-state index contributed by atoms with van der Waals surface area (Å²) in [6, 6.07) is 18.9. The third kappa shape index (κ3) is 4.05. The number of rotatable bonds is 6. The van der Waals surface area contributed by atoms with Crippen molar-refractivity contribution in [2.24, 2.45) is 0 Å². The van der Waals surface area contributed by atoms with Crippen molar-refractivity contribution in [3.63, 3.8) is 0 Å². The first-order chi connectivity index (χ1) is 13.4. The molecule has 3 rings (SSSR count). The summed E-state index contributed by atoms with van der Waals surface area (Å²) in [6.07, 6.45) is 0.938. The third-order valence-corrected chi connectivity index (χ3v) is 5.11. The van der Waals surface area contributed by atoms with Crippen molar-refractivity contribution in [2.75, 3.05) is 4.31 Å². The number of aromatic carboxylic acids is 1. The van der Waals surface area contributed by atoms with Crippen molar-refractivity contribution in [3.8, 4) is 16.9 Å². The summed E-state index contributed by atoms with van der Waals surface area (Å²) in [5, 5.41) is 19.0. The number of anilines is 2. The van der Waals surface area contributed by atoms with Gasteiger partial charge in [0.2, 0.25) is 0 Å². The van der Waals surface area contributed by atoms with E-state index >= 15 is 0 Å². The molecule has 3 N–H and O–H groups in total. The summed E-state index contributed by atoms with van der Waals surface area (Å²) >= 11 is -2.43. The molecule has 0 aliphatic rings. The zero-order chi connectivity index (χ0) is 20.3. The number of carboxylic acid groups (broad SMARTS) is 1. The average molecular weight is 397 g/mol. The summed E-state index contributed by atoms with van der Waals surface area (Å²) in [5.41, 5.74) is 3.39. The van der Waals surface area contributed by atoms with Crippen molar-refractivity contribution in [1.29, 1.82) is 0 Å². The largest absolute Gasteiger partial charge is 0.507 e. The van der Waals surface area contributed by atoms with Crippen molar-refractivity contribution in [1.82, 2.24) is 0 Å². The minimum absolute atomic E-state index is 0.196. The van der Waals surface area contributed by atoms with E-state index < -0.39 is 23.0 Å². The van der Waals surface area contributed by atoms with E-state index in [9.17, 15) is 18.7 Å². The first-order valence-corrected chi connectivity index (χ1v) is 9.64. The van der Waals surface area contributed by atoms with Gasteiger partial charge in [-0.2, -0.15) is 0 Å². The van der Waals surface area contributed by atoms with Crippen molar-refractivity contribution < 1.29 is 23.8 Å². The highest BCUT2D eigenvalue weighted by molar-refractivity contribution is 7.81. The van der Waals surface area contributed by atoms with E-state index in [2.05, 4.69) is 6.92 Å². The Hall–Kier alpha value is -3.16. The van der Waals surface area contributed by atoms with Gasteiger partial charge in [0.15, 0.2) is 0 Å². The number of carboxylic acids is 1. The molecule has 0 fully saturated rings. The lowest BCUT2D eigenvalue weighted by Gasteiger charge is -2.21.